The summed E-state index contributed by atoms with van der Waals surface area (Å²) in [6, 6.07) is 10.8. The quantitative estimate of drug-likeness (QED) is 0.510. The van der Waals surface area contributed by atoms with Crippen LogP contribution in [0.1, 0.15) is 5.56 Å². The first kappa shape index (κ1) is 20.0. The van der Waals surface area contributed by atoms with Crippen LogP contribution >= 0.6 is 0 Å². The zero-order valence-corrected chi connectivity index (χ0v) is 14.9. The largest absolute Gasteiger partial charge is 0.497 e. The van der Waals surface area contributed by atoms with E-state index in [0.717, 1.165) is 10.8 Å². The lowest BCUT2D eigenvalue weighted by Gasteiger charge is -2.37. The van der Waals surface area contributed by atoms with Gasteiger partial charge in [0, 0.05) is 0 Å². The Morgan fingerprint density at radius 3 is 2.36 bits per heavy atom. The van der Waals surface area contributed by atoms with E-state index in [-0.39, 0.29) is 6.42 Å². The number of hydrogen-bond acceptors (Lipinski definition) is 8. The topological polar surface area (TPSA) is 143 Å². The highest BCUT2D eigenvalue weighted by Gasteiger charge is 2.48. The van der Waals surface area contributed by atoms with Crippen molar-refractivity contribution in [1.82, 2.24) is 0 Å². The van der Waals surface area contributed by atoms with Crippen LogP contribution in [0.5, 0.6) is 5.75 Å². The molecule has 0 radical (unpaired) electrons. The van der Waals surface area contributed by atoms with Gasteiger partial charge in [0.15, 0.2) is 6.10 Å². The van der Waals surface area contributed by atoms with Crippen molar-refractivity contribution >= 4 is 22.7 Å². The molecule has 1 saturated heterocycles. The number of aliphatic carboxylic acids is 1. The maximum atomic E-state index is 12.2. The number of carboxylic acid groups (broad SMARTS) is 1. The van der Waals surface area contributed by atoms with E-state index in [1.54, 1.807) is 25.3 Å². The molecule has 2 aromatic rings. The van der Waals surface area contributed by atoms with Gasteiger partial charge in [0.2, 0.25) is 6.29 Å². The van der Waals surface area contributed by atoms with E-state index >= 15 is 0 Å². The first-order valence-electron chi connectivity index (χ1n) is 8.49. The van der Waals surface area contributed by atoms with E-state index in [9.17, 15) is 24.9 Å². The van der Waals surface area contributed by atoms with Crippen molar-refractivity contribution in [2.45, 2.75) is 37.1 Å². The summed E-state index contributed by atoms with van der Waals surface area (Å²) in [6.07, 6.45) is -9.16. The average Bonchev–Trinajstić information content (AvgIpc) is 2.67. The number of ether oxygens (including phenoxy) is 3. The minimum Gasteiger partial charge on any atom is -0.497 e. The van der Waals surface area contributed by atoms with Crippen LogP contribution in [0.15, 0.2) is 36.4 Å². The molecular formula is C19H20O9. The third-order valence-electron chi connectivity index (χ3n) is 4.52. The lowest BCUT2D eigenvalue weighted by atomic mass is 9.99. The molecule has 150 valence electrons. The van der Waals surface area contributed by atoms with Crippen LogP contribution in [0.25, 0.3) is 10.8 Å². The Balaban J connectivity index is 1.69. The van der Waals surface area contributed by atoms with E-state index in [0.29, 0.717) is 11.3 Å². The Morgan fingerprint density at radius 2 is 1.68 bits per heavy atom. The number of carbonyl (C=O) groups excluding carboxylic acids is 1. The van der Waals surface area contributed by atoms with Gasteiger partial charge >= 0.3 is 11.9 Å². The average molecular weight is 392 g/mol. The number of fused-ring (bicyclic) bond motifs is 1. The standard InChI is InChI=1S/C19H20O9/c1-26-12-5-4-10-6-9(2-3-11(10)8-12)7-13(20)27-19-16(23)14(21)15(22)17(28-19)18(24)25/h2-6,8,14-17,19,21-23H,7H2,1H3,(H,24,25). The molecule has 0 saturated carbocycles. The Labute approximate surface area is 159 Å². The molecule has 2 aromatic carbocycles. The van der Waals surface area contributed by atoms with Crippen LogP contribution in [-0.4, -0.2) is 70.2 Å². The summed E-state index contributed by atoms with van der Waals surface area (Å²) in [5.41, 5.74) is 0.628. The zero-order valence-electron chi connectivity index (χ0n) is 14.9. The molecule has 5 unspecified atom stereocenters. The second-order valence-electron chi connectivity index (χ2n) is 6.45. The SMILES string of the molecule is COc1ccc2cc(CC(=O)OC3OC(C(=O)O)C(O)C(O)C3O)ccc2c1. The molecule has 4 N–H and O–H groups in total. The normalized spacial score (nSPS) is 27.4. The smallest absolute Gasteiger partial charge is 0.335 e. The van der Waals surface area contributed by atoms with Crippen molar-refractivity contribution < 1.29 is 44.2 Å². The van der Waals surface area contributed by atoms with Gasteiger partial charge in [0.25, 0.3) is 0 Å². The van der Waals surface area contributed by atoms with Gasteiger partial charge in [-0.15, -0.1) is 0 Å². The molecule has 28 heavy (non-hydrogen) atoms. The number of aliphatic hydroxyl groups is 3. The molecule has 1 heterocycles. The van der Waals surface area contributed by atoms with E-state index in [4.69, 9.17) is 19.3 Å². The summed E-state index contributed by atoms with van der Waals surface area (Å²) >= 11 is 0. The number of esters is 1. The highest BCUT2D eigenvalue weighted by atomic mass is 16.7. The number of methoxy groups -OCH3 is 1. The number of benzene rings is 2. The summed E-state index contributed by atoms with van der Waals surface area (Å²) in [5, 5.41) is 40.1. The van der Waals surface area contributed by atoms with Gasteiger partial charge in [-0.05, 0) is 28.5 Å². The minimum atomic E-state index is -1.85. The predicted molar refractivity (Wildman–Crippen MR) is 94.6 cm³/mol. The van der Waals surface area contributed by atoms with E-state index in [1.165, 1.54) is 0 Å². The predicted octanol–water partition coefficient (Wildman–Crippen LogP) is -0.174. The third kappa shape index (κ3) is 4.07. The Morgan fingerprint density at radius 1 is 1.00 bits per heavy atom. The van der Waals surface area contributed by atoms with Gasteiger partial charge in [-0.1, -0.05) is 24.3 Å². The number of carboxylic acids is 1. The molecule has 0 aromatic heterocycles. The number of aliphatic hydroxyl groups excluding tert-OH is 3. The van der Waals surface area contributed by atoms with Crippen molar-refractivity contribution in [2.24, 2.45) is 0 Å². The molecule has 0 bridgehead atoms. The molecule has 0 amide bonds. The van der Waals surface area contributed by atoms with Gasteiger partial charge in [-0.3, -0.25) is 4.79 Å². The first-order valence-corrected chi connectivity index (χ1v) is 8.49. The monoisotopic (exact) mass is 392 g/mol. The Hall–Kier alpha value is -2.72. The van der Waals surface area contributed by atoms with Gasteiger partial charge in [0.1, 0.15) is 24.1 Å². The van der Waals surface area contributed by atoms with E-state index in [2.05, 4.69) is 0 Å². The highest BCUT2D eigenvalue weighted by Crippen LogP contribution is 2.24. The summed E-state index contributed by atoms with van der Waals surface area (Å²) in [7, 11) is 1.57. The zero-order chi connectivity index (χ0) is 20.4. The van der Waals surface area contributed by atoms with Crippen molar-refractivity contribution in [1.29, 1.82) is 0 Å². The van der Waals surface area contributed by atoms with E-state index < -0.39 is 42.6 Å². The van der Waals surface area contributed by atoms with Crippen LogP contribution < -0.4 is 4.74 Å². The molecule has 3 rings (SSSR count). The summed E-state index contributed by atoms with van der Waals surface area (Å²) in [4.78, 5) is 23.3. The third-order valence-corrected chi connectivity index (χ3v) is 4.52. The second kappa shape index (κ2) is 8.11. The fourth-order valence-electron chi connectivity index (χ4n) is 3.00. The van der Waals surface area contributed by atoms with Crippen LogP contribution in [0.2, 0.25) is 0 Å². The molecule has 1 aliphatic heterocycles. The fraction of sp³-hybridized carbons (Fsp3) is 0.368. The van der Waals surface area contributed by atoms with Crippen LogP contribution in [-0.2, 0) is 25.5 Å². The van der Waals surface area contributed by atoms with Crippen molar-refractivity contribution in [3.8, 4) is 5.75 Å². The van der Waals surface area contributed by atoms with Gasteiger partial charge in [0.05, 0.1) is 13.5 Å². The lowest BCUT2D eigenvalue weighted by Crippen LogP contribution is -2.60. The Bertz CT molecular complexity index is 881. The molecule has 9 nitrogen and oxygen atoms in total. The van der Waals surface area contributed by atoms with Gasteiger partial charge in [-0.25, -0.2) is 4.79 Å². The maximum absolute atomic E-state index is 12.2. The van der Waals surface area contributed by atoms with Crippen LogP contribution in [0.3, 0.4) is 0 Å². The molecule has 1 aliphatic rings. The molecular weight excluding hydrogens is 372 g/mol. The second-order valence-corrected chi connectivity index (χ2v) is 6.45. The number of rotatable bonds is 5. The van der Waals surface area contributed by atoms with Gasteiger partial charge < -0.3 is 34.6 Å². The van der Waals surface area contributed by atoms with Crippen molar-refractivity contribution in [3.05, 3.63) is 42.0 Å². The van der Waals surface area contributed by atoms with Crippen LogP contribution in [0.4, 0.5) is 0 Å². The minimum absolute atomic E-state index is 0.162. The molecule has 0 aliphatic carbocycles. The summed E-state index contributed by atoms with van der Waals surface area (Å²) in [6.45, 7) is 0. The Kier molecular flexibility index (Phi) is 5.80. The van der Waals surface area contributed by atoms with Gasteiger partial charge in [-0.2, -0.15) is 0 Å². The highest BCUT2D eigenvalue weighted by molar-refractivity contribution is 5.85. The molecule has 1 fully saturated rings. The molecule has 9 heteroatoms. The molecule has 0 spiro atoms. The number of hydrogen-bond donors (Lipinski definition) is 4. The molecule has 5 atom stereocenters. The fourth-order valence-corrected chi connectivity index (χ4v) is 3.00. The van der Waals surface area contributed by atoms with Crippen molar-refractivity contribution in [2.75, 3.05) is 7.11 Å². The maximum Gasteiger partial charge on any atom is 0.335 e. The summed E-state index contributed by atoms with van der Waals surface area (Å²) < 4.78 is 15.1. The van der Waals surface area contributed by atoms with E-state index in [1.807, 2.05) is 18.2 Å². The number of carbonyl (C=O) groups is 2. The lowest BCUT2D eigenvalue weighted by molar-refractivity contribution is -0.286. The van der Waals surface area contributed by atoms with Crippen LogP contribution in [0, 0.1) is 0 Å². The summed E-state index contributed by atoms with van der Waals surface area (Å²) in [5.74, 6) is -1.63. The first-order chi connectivity index (χ1) is 13.3. The van der Waals surface area contributed by atoms with Crippen molar-refractivity contribution in [3.63, 3.8) is 0 Å².